The van der Waals surface area contributed by atoms with E-state index in [0.717, 1.165) is 12.0 Å². The standard InChI is InChI=1S/C7H14I2N2/c1-6-3-7(5-10(2)8)11(9)4-6/h6-7H,3-5H2,1-2H3. The molecule has 0 radical (unpaired) electrons. The van der Waals surface area contributed by atoms with Gasteiger partial charge in [0, 0.05) is 64.9 Å². The number of nitrogens with zero attached hydrogens (tertiary/aromatic N) is 2. The Labute approximate surface area is 96.7 Å². The van der Waals surface area contributed by atoms with Crippen molar-refractivity contribution in [1.82, 2.24) is 6.23 Å². The smallest absolute Gasteiger partial charge is 0.0332 e. The van der Waals surface area contributed by atoms with E-state index in [4.69, 9.17) is 0 Å². The van der Waals surface area contributed by atoms with Crippen LogP contribution in [0.3, 0.4) is 0 Å². The first-order valence-corrected chi connectivity index (χ1v) is 5.82. The van der Waals surface area contributed by atoms with Crippen LogP contribution in [0.25, 0.3) is 0 Å². The zero-order valence-corrected chi connectivity index (χ0v) is 11.2. The van der Waals surface area contributed by atoms with Crippen LogP contribution in [-0.4, -0.2) is 32.4 Å². The summed E-state index contributed by atoms with van der Waals surface area (Å²) in [6, 6.07) is 0.771. The van der Waals surface area contributed by atoms with Crippen molar-refractivity contribution in [3.63, 3.8) is 0 Å². The summed E-state index contributed by atoms with van der Waals surface area (Å²) in [5.41, 5.74) is 0. The van der Waals surface area contributed by atoms with Crippen LogP contribution in [0, 0.1) is 5.92 Å². The van der Waals surface area contributed by atoms with Crippen molar-refractivity contribution in [2.24, 2.45) is 5.92 Å². The maximum Gasteiger partial charge on any atom is 0.0332 e. The number of halogens is 2. The largest absolute Gasteiger partial charge is 0.249 e. The Balaban J connectivity index is 2.34. The summed E-state index contributed by atoms with van der Waals surface area (Å²) in [7, 11) is 2.13. The van der Waals surface area contributed by atoms with Crippen molar-refractivity contribution >= 4 is 45.7 Å². The third-order valence-electron chi connectivity index (χ3n) is 2.02. The third kappa shape index (κ3) is 3.31. The highest BCUT2D eigenvalue weighted by atomic mass is 127. The molecule has 1 rings (SSSR count). The van der Waals surface area contributed by atoms with Gasteiger partial charge in [-0.1, -0.05) is 6.92 Å². The Morgan fingerprint density at radius 2 is 2.27 bits per heavy atom. The van der Waals surface area contributed by atoms with Gasteiger partial charge in [-0.2, -0.15) is 0 Å². The van der Waals surface area contributed by atoms with Gasteiger partial charge in [-0.05, 0) is 19.4 Å². The van der Waals surface area contributed by atoms with Crippen molar-refractivity contribution in [3.05, 3.63) is 0 Å². The molecule has 0 N–H and O–H groups in total. The lowest BCUT2D eigenvalue weighted by molar-refractivity contribution is 0.405. The summed E-state index contributed by atoms with van der Waals surface area (Å²) < 4.78 is 4.68. The molecule has 0 aromatic rings. The molecule has 0 bridgehead atoms. The first kappa shape index (κ1) is 10.5. The van der Waals surface area contributed by atoms with Crippen LogP contribution in [0.2, 0.25) is 0 Å². The summed E-state index contributed by atoms with van der Waals surface area (Å²) in [5, 5.41) is 0. The lowest BCUT2D eigenvalue weighted by atomic mass is 10.1. The second kappa shape index (κ2) is 4.57. The van der Waals surface area contributed by atoms with Crippen molar-refractivity contribution < 1.29 is 0 Å². The molecule has 2 nitrogen and oxygen atoms in total. The van der Waals surface area contributed by atoms with E-state index in [2.05, 4.69) is 65.9 Å². The van der Waals surface area contributed by atoms with Gasteiger partial charge in [0.05, 0.1) is 0 Å². The van der Waals surface area contributed by atoms with E-state index in [1.807, 2.05) is 0 Å². The predicted octanol–water partition coefficient (Wildman–Crippen LogP) is 2.33. The highest BCUT2D eigenvalue weighted by molar-refractivity contribution is 14.1. The van der Waals surface area contributed by atoms with E-state index < -0.39 is 0 Å². The van der Waals surface area contributed by atoms with Crippen LogP contribution in [-0.2, 0) is 0 Å². The SMILES string of the molecule is CC1CC(CN(C)I)N(I)C1. The van der Waals surface area contributed by atoms with Crippen molar-refractivity contribution in [1.29, 1.82) is 0 Å². The Bertz CT molecular complexity index is 130. The summed E-state index contributed by atoms with van der Waals surface area (Å²) >= 11 is 4.80. The van der Waals surface area contributed by atoms with Crippen LogP contribution >= 0.6 is 45.7 Å². The topological polar surface area (TPSA) is 6.48 Å². The van der Waals surface area contributed by atoms with E-state index in [-0.39, 0.29) is 0 Å². The Kier molecular flexibility index (Phi) is 4.35. The molecule has 2 unspecified atom stereocenters. The van der Waals surface area contributed by atoms with Crippen molar-refractivity contribution in [2.75, 3.05) is 20.1 Å². The van der Waals surface area contributed by atoms with Gasteiger partial charge >= 0.3 is 0 Å². The van der Waals surface area contributed by atoms with Gasteiger partial charge in [-0.25, -0.2) is 6.23 Å². The van der Waals surface area contributed by atoms with E-state index in [1.54, 1.807) is 0 Å². The van der Waals surface area contributed by atoms with Gasteiger partial charge in [0.1, 0.15) is 0 Å². The van der Waals surface area contributed by atoms with Crippen LogP contribution in [0.1, 0.15) is 13.3 Å². The molecule has 0 spiro atoms. The van der Waals surface area contributed by atoms with E-state index in [9.17, 15) is 0 Å². The molecule has 11 heavy (non-hydrogen) atoms. The average Bonchev–Trinajstić information content (AvgIpc) is 2.09. The van der Waals surface area contributed by atoms with Crippen LogP contribution in [0.15, 0.2) is 0 Å². The Morgan fingerprint density at radius 1 is 1.64 bits per heavy atom. The lowest BCUT2D eigenvalue weighted by Crippen LogP contribution is -2.28. The number of likely N-dealkylation sites (N-methyl/N-ethyl adjacent to an activating group) is 1. The van der Waals surface area contributed by atoms with Gasteiger partial charge in [0.2, 0.25) is 0 Å². The van der Waals surface area contributed by atoms with E-state index >= 15 is 0 Å². The molecule has 1 aliphatic heterocycles. The molecule has 1 saturated heterocycles. The van der Waals surface area contributed by atoms with E-state index in [1.165, 1.54) is 19.5 Å². The van der Waals surface area contributed by atoms with Gasteiger partial charge in [0.15, 0.2) is 0 Å². The molecule has 0 aliphatic carbocycles. The minimum atomic E-state index is 0.771. The summed E-state index contributed by atoms with van der Waals surface area (Å²) in [5.74, 6) is 0.883. The molecular formula is C7H14I2N2. The second-order valence-electron chi connectivity index (χ2n) is 3.36. The number of hydrogen-bond acceptors (Lipinski definition) is 2. The molecule has 0 saturated carbocycles. The molecular weight excluding hydrogens is 366 g/mol. The van der Waals surface area contributed by atoms with Gasteiger partial charge in [-0.15, -0.1) is 0 Å². The molecule has 0 aromatic heterocycles. The summed E-state index contributed by atoms with van der Waals surface area (Å²) in [4.78, 5) is 0. The average molecular weight is 380 g/mol. The second-order valence-corrected chi connectivity index (χ2v) is 6.25. The van der Waals surface area contributed by atoms with Crippen molar-refractivity contribution in [3.8, 4) is 0 Å². The number of hydrogen-bond donors (Lipinski definition) is 0. The highest BCUT2D eigenvalue weighted by Gasteiger charge is 2.27. The Morgan fingerprint density at radius 3 is 2.64 bits per heavy atom. The highest BCUT2D eigenvalue weighted by Crippen LogP contribution is 2.26. The first-order chi connectivity index (χ1) is 5.09. The summed E-state index contributed by atoms with van der Waals surface area (Å²) in [6.07, 6.45) is 1.36. The summed E-state index contributed by atoms with van der Waals surface area (Å²) in [6.45, 7) is 4.78. The number of rotatable bonds is 2. The fourth-order valence-electron chi connectivity index (χ4n) is 1.55. The molecule has 1 fully saturated rings. The molecule has 0 aromatic carbocycles. The molecule has 1 aliphatic rings. The molecule has 0 amide bonds. The lowest BCUT2D eigenvalue weighted by Gasteiger charge is -2.19. The van der Waals surface area contributed by atoms with Crippen molar-refractivity contribution in [2.45, 2.75) is 19.4 Å². The molecule has 4 heteroatoms. The maximum atomic E-state index is 2.45. The van der Waals surface area contributed by atoms with E-state index in [0.29, 0.717) is 0 Å². The fourth-order valence-corrected chi connectivity index (χ4v) is 3.08. The quantitative estimate of drug-likeness (QED) is 0.536. The maximum absolute atomic E-state index is 2.45. The van der Waals surface area contributed by atoms with Gasteiger partial charge in [-0.3, -0.25) is 0 Å². The van der Waals surface area contributed by atoms with Crippen LogP contribution < -0.4 is 0 Å². The normalized spacial score (nSPS) is 33.5. The first-order valence-electron chi connectivity index (χ1n) is 3.89. The molecule has 1 heterocycles. The zero-order valence-electron chi connectivity index (χ0n) is 6.93. The predicted molar refractivity (Wildman–Crippen MR) is 64.9 cm³/mol. The zero-order chi connectivity index (χ0) is 8.43. The third-order valence-corrected chi connectivity index (χ3v) is 3.59. The minimum absolute atomic E-state index is 0.771. The van der Waals surface area contributed by atoms with Gasteiger partial charge < -0.3 is 0 Å². The molecule has 66 valence electrons. The van der Waals surface area contributed by atoms with Crippen LogP contribution in [0.5, 0.6) is 0 Å². The monoisotopic (exact) mass is 380 g/mol. The Hall–Kier alpha value is 1.38. The molecule has 2 atom stereocenters. The fraction of sp³-hybridized carbons (Fsp3) is 1.00. The van der Waals surface area contributed by atoms with Crippen LogP contribution in [0.4, 0.5) is 0 Å². The minimum Gasteiger partial charge on any atom is -0.249 e. The van der Waals surface area contributed by atoms with Gasteiger partial charge in [0.25, 0.3) is 0 Å².